The predicted octanol–water partition coefficient (Wildman–Crippen LogP) is 3.58. The van der Waals surface area contributed by atoms with E-state index in [1.54, 1.807) is 6.07 Å². The zero-order valence-electron chi connectivity index (χ0n) is 6.22. The summed E-state index contributed by atoms with van der Waals surface area (Å²) in [5.41, 5.74) is 0. The molecule has 0 heterocycles. The fourth-order valence-electron chi connectivity index (χ4n) is 1.22. The van der Waals surface area contributed by atoms with E-state index in [2.05, 4.69) is 22.6 Å². The van der Waals surface area contributed by atoms with Gasteiger partial charge in [0.15, 0.2) is 0 Å². The van der Waals surface area contributed by atoms with Crippen molar-refractivity contribution in [3.05, 3.63) is 45.8 Å². The average molecular weight is 272 g/mol. The summed E-state index contributed by atoms with van der Waals surface area (Å²) in [4.78, 5) is 0. The fraction of sp³-hybridized carbons (Fsp3) is 0. The molecule has 0 amide bonds. The van der Waals surface area contributed by atoms with Crippen LogP contribution in [0.5, 0.6) is 0 Å². The fourth-order valence-corrected chi connectivity index (χ4v) is 1.73. The summed E-state index contributed by atoms with van der Waals surface area (Å²) in [5, 5.41) is 1.65. The van der Waals surface area contributed by atoms with Crippen molar-refractivity contribution in [2.45, 2.75) is 0 Å². The van der Waals surface area contributed by atoms with Crippen molar-refractivity contribution in [1.29, 1.82) is 0 Å². The quantitative estimate of drug-likeness (QED) is 0.643. The Balaban J connectivity index is 2.86. The Bertz CT molecular complexity index is 423. The molecule has 2 aromatic rings. The van der Waals surface area contributed by atoms with Crippen LogP contribution in [0.2, 0.25) is 0 Å². The van der Waals surface area contributed by atoms with Gasteiger partial charge in [-0.25, -0.2) is 4.39 Å². The summed E-state index contributed by atoms with van der Waals surface area (Å²) in [6.07, 6.45) is 0. The highest BCUT2D eigenvalue weighted by molar-refractivity contribution is 14.1. The SMILES string of the molecule is Fc1cccc2cc(I)ccc12. The molecular formula is C10H6FI. The van der Waals surface area contributed by atoms with Crippen LogP contribution in [-0.2, 0) is 0 Å². The van der Waals surface area contributed by atoms with Gasteiger partial charge in [-0.1, -0.05) is 18.2 Å². The van der Waals surface area contributed by atoms with Crippen molar-refractivity contribution in [2.24, 2.45) is 0 Å². The molecule has 2 rings (SSSR count). The lowest BCUT2D eigenvalue weighted by Gasteiger charge is -1.98. The van der Waals surface area contributed by atoms with Gasteiger partial charge in [-0.3, -0.25) is 0 Å². The Hall–Kier alpha value is -0.640. The van der Waals surface area contributed by atoms with E-state index in [0.717, 1.165) is 8.96 Å². The third-order valence-corrected chi connectivity index (χ3v) is 2.46. The predicted molar refractivity (Wildman–Crippen MR) is 56.6 cm³/mol. The lowest BCUT2D eigenvalue weighted by atomic mass is 10.1. The second-order valence-corrected chi connectivity index (χ2v) is 3.85. The molecule has 0 unspecified atom stereocenters. The Kier molecular flexibility index (Phi) is 2.00. The molecule has 12 heavy (non-hydrogen) atoms. The van der Waals surface area contributed by atoms with Crippen molar-refractivity contribution in [2.75, 3.05) is 0 Å². The van der Waals surface area contributed by atoms with E-state index in [0.29, 0.717) is 5.39 Å². The molecule has 0 aliphatic heterocycles. The highest BCUT2D eigenvalue weighted by atomic mass is 127. The second kappa shape index (κ2) is 3.01. The average Bonchev–Trinajstić information content (AvgIpc) is 2.04. The van der Waals surface area contributed by atoms with Gasteiger partial charge >= 0.3 is 0 Å². The first-order valence-electron chi connectivity index (χ1n) is 3.61. The standard InChI is InChI=1S/C10H6FI/c11-10-3-1-2-7-6-8(12)4-5-9(7)10/h1-6H. The van der Waals surface area contributed by atoms with Gasteiger partial charge in [-0.2, -0.15) is 0 Å². The van der Waals surface area contributed by atoms with Crippen molar-refractivity contribution in [3.63, 3.8) is 0 Å². The van der Waals surface area contributed by atoms with E-state index in [1.165, 1.54) is 6.07 Å². The summed E-state index contributed by atoms with van der Waals surface area (Å²) in [7, 11) is 0. The molecule has 2 aromatic carbocycles. The van der Waals surface area contributed by atoms with E-state index in [-0.39, 0.29) is 5.82 Å². The molecule has 0 aliphatic rings. The summed E-state index contributed by atoms with van der Waals surface area (Å²) in [6.45, 7) is 0. The molecule has 0 atom stereocenters. The summed E-state index contributed by atoms with van der Waals surface area (Å²) < 4.78 is 14.2. The summed E-state index contributed by atoms with van der Waals surface area (Å²) >= 11 is 2.22. The molecule has 0 saturated carbocycles. The lowest BCUT2D eigenvalue weighted by molar-refractivity contribution is 0.640. The van der Waals surface area contributed by atoms with Gasteiger partial charge in [0, 0.05) is 8.96 Å². The van der Waals surface area contributed by atoms with E-state index >= 15 is 0 Å². The van der Waals surface area contributed by atoms with Crippen molar-refractivity contribution in [3.8, 4) is 0 Å². The molecule has 0 saturated heterocycles. The third kappa shape index (κ3) is 1.31. The molecule has 0 radical (unpaired) electrons. The number of fused-ring (bicyclic) bond motifs is 1. The number of hydrogen-bond donors (Lipinski definition) is 0. The normalized spacial score (nSPS) is 10.5. The highest BCUT2D eigenvalue weighted by Gasteiger charge is 1.98. The van der Waals surface area contributed by atoms with Crippen LogP contribution in [0.4, 0.5) is 4.39 Å². The first-order chi connectivity index (χ1) is 5.77. The highest BCUT2D eigenvalue weighted by Crippen LogP contribution is 2.19. The minimum absolute atomic E-state index is 0.149. The van der Waals surface area contributed by atoms with Crippen molar-refractivity contribution in [1.82, 2.24) is 0 Å². The first-order valence-corrected chi connectivity index (χ1v) is 4.69. The monoisotopic (exact) mass is 272 g/mol. The van der Waals surface area contributed by atoms with Gasteiger partial charge in [0.25, 0.3) is 0 Å². The molecular weight excluding hydrogens is 266 g/mol. The Morgan fingerprint density at radius 3 is 2.75 bits per heavy atom. The Morgan fingerprint density at radius 1 is 1.08 bits per heavy atom. The van der Waals surface area contributed by atoms with Gasteiger partial charge in [-0.05, 0) is 46.2 Å². The third-order valence-electron chi connectivity index (χ3n) is 1.79. The minimum atomic E-state index is -0.149. The molecule has 0 aromatic heterocycles. The van der Waals surface area contributed by atoms with Gasteiger partial charge in [0.05, 0.1) is 0 Å². The lowest BCUT2D eigenvalue weighted by Crippen LogP contribution is -1.79. The van der Waals surface area contributed by atoms with Crippen LogP contribution in [0.15, 0.2) is 36.4 Å². The topological polar surface area (TPSA) is 0 Å². The maximum Gasteiger partial charge on any atom is 0.131 e. The minimum Gasteiger partial charge on any atom is -0.206 e. The van der Waals surface area contributed by atoms with Crippen molar-refractivity contribution < 1.29 is 4.39 Å². The number of rotatable bonds is 0. The van der Waals surface area contributed by atoms with Gasteiger partial charge in [-0.15, -0.1) is 0 Å². The van der Waals surface area contributed by atoms with Crippen molar-refractivity contribution >= 4 is 33.4 Å². The number of benzene rings is 2. The molecule has 0 bridgehead atoms. The van der Waals surface area contributed by atoms with Crippen LogP contribution >= 0.6 is 22.6 Å². The molecule has 0 nitrogen and oxygen atoms in total. The molecule has 0 spiro atoms. The van der Waals surface area contributed by atoms with E-state index in [1.807, 2.05) is 24.3 Å². The maximum absolute atomic E-state index is 13.1. The Labute approximate surface area is 83.5 Å². The first kappa shape index (κ1) is 7.98. The molecule has 0 aliphatic carbocycles. The maximum atomic E-state index is 13.1. The molecule has 60 valence electrons. The zero-order valence-corrected chi connectivity index (χ0v) is 8.38. The van der Waals surface area contributed by atoms with Gasteiger partial charge in [0.1, 0.15) is 5.82 Å². The largest absolute Gasteiger partial charge is 0.206 e. The summed E-state index contributed by atoms with van der Waals surface area (Å²) in [5.74, 6) is -0.149. The van der Waals surface area contributed by atoms with Gasteiger partial charge in [0.2, 0.25) is 0 Å². The van der Waals surface area contributed by atoms with E-state index < -0.39 is 0 Å². The van der Waals surface area contributed by atoms with Crippen LogP contribution in [-0.4, -0.2) is 0 Å². The summed E-state index contributed by atoms with van der Waals surface area (Å²) in [6, 6.07) is 10.8. The van der Waals surface area contributed by atoms with Crippen LogP contribution in [0, 0.1) is 9.39 Å². The van der Waals surface area contributed by atoms with E-state index in [9.17, 15) is 4.39 Å². The molecule has 2 heteroatoms. The number of hydrogen-bond acceptors (Lipinski definition) is 0. The molecule has 0 N–H and O–H groups in total. The molecule has 0 fully saturated rings. The van der Waals surface area contributed by atoms with Crippen LogP contribution < -0.4 is 0 Å². The van der Waals surface area contributed by atoms with Crippen LogP contribution in [0.3, 0.4) is 0 Å². The van der Waals surface area contributed by atoms with E-state index in [4.69, 9.17) is 0 Å². The van der Waals surface area contributed by atoms with Crippen LogP contribution in [0.1, 0.15) is 0 Å². The van der Waals surface area contributed by atoms with Gasteiger partial charge < -0.3 is 0 Å². The zero-order chi connectivity index (χ0) is 8.55. The second-order valence-electron chi connectivity index (χ2n) is 2.61. The van der Waals surface area contributed by atoms with Crippen LogP contribution in [0.25, 0.3) is 10.8 Å². The smallest absolute Gasteiger partial charge is 0.131 e. The number of halogens is 2. The Morgan fingerprint density at radius 2 is 1.92 bits per heavy atom.